The number of carbonyl (C=O) groups is 2. The molecule has 0 radical (unpaired) electrons. The van der Waals surface area contributed by atoms with E-state index >= 15 is 0 Å². The zero-order valence-electron chi connectivity index (χ0n) is 51.0. The summed E-state index contributed by atoms with van der Waals surface area (Å²) in [5, 5.41) is 57.0. The van der Waals surface area contributed by atoms with Crippen molar-refractivity contribution in [2.75, 3.05) is 13.2 Å². The molecule has 0 saturated carbocycles. The number of aliphatic hydroxyl groups is 5. The first kappa shape index (κ1) is 74.4. The molecule has 1 aliphatic rings. The minimum atomic E-state index is -1.62. The Morgan fingerprint density at radius 1 is 0.494 bits per heavy atom. The summed E-state index contributed by atoms with van der Waals surface area (Å²) in [6, 6.07) is -1.03. The summed E-state index contributed by atoms with van der Waals surface area (Å²) in [4.78, 5) is 26.6. The van der Waals surface area contributed by atoms with Crippen molar-refractivity contribution in [3.8, 4) is 0 Å². The summed E-state index contributed by atoms with van der Waals surface area (Å²) in [5.74, 6) is -1.21. The molecule has 0 aromatic carbocycles. The van der Waals surface area contributed by atoms with E-state index in [2.05, 4.69) is 74.7 Å². The van der Waals surface area contributed by atoms with Gasteiger partial charge in [0.2, 0.25) is 5.91 Å². The van der Waals surface area contributed by atoms with Crippen LogP contribution in [0.1, 0.15) is 297 Å². The van der Waals surface area contributed by atoms with Crippen LogP contribution in [0.15, 0.2) is 60.8 Å². The number of esters is 1. The molecule has 1 saturated heterocycles. The van der Waals surface area contributed by atoms with Crippen LogP contribution in [-0.4, -0.2) is 99.6 Å². The van der Waals surface area contributed by atoms with Gasteiger partial charge in [-0.25, -0.2) is 0 Å². The number of hydrogen-bond donors (Lipinski definition) is 6. The topological polar surface area (TPSA) is 175 Å². The Morgan fingerprint density at radius 3 is 1.34 bits per heavy atom. The molecule has 1 fully saturated rings. The SMILES string of the molecule is CCCCC/C=C\C/C=C\C/C=C\CCCCCCCCCCCCCCC(=O)OC1C(OCC(NC(=O)C(O)CCCC/C=C\CCCCCCCC)C(O)/C=C/CCCCCCCCCCCCC)OC(CO)C(O)C1O. The second kappa shape index (κ2) is 55.9. The van der Waals surface area contributed by atoms with E-state index in [1.807, 2.05) is 6.08 Å². The second-order valence-corrected chi connectivity index (χ2v) is 22.8. The van der Waals surface area contributed by atoms with Crippen LogP contribution in [0.2, 0.25) is 0 Å². The van der Waals surface area contributed by atoms with Crippen molar-refractivity contribution < 1.29 is 49.3 Å². The third-order valence-corrected chi connectivity index (χ3v) is 15.4. The van der Waals surface area contributed by atoms with Crippen molar-refractivity contribution in [1.82, 2.24) is 5.32 Å². The van der Waals surface area contributed by atoms with Gasteiger partial charge in [0.25, 0.3) is 0 Å². The van der Waals surface area contributed by atoms with Gasteiger partial charge in [-0.2, -0.15) is 0 Å². The number of carbonyl (C=O) groups excluding carboxylic acids is 2. The standard InChI is InChI=1S/C68H123NO10/c1-4-7-10-13-16-19-22-25-26-27-28-29-30-31-32-33-34-35-36-38-41-44-47-50-53-56-63(73)79-66-65(75)64(74)62(57-70)78-68(66)77-58-59(60(71)54-51-48-45-42-40-37-23-20-17-14-11-8-5-2)69-67(76)61(72)55-52-49-46-43-39-24-21-18-15-12-9-6-3/h16,19,25-26,28-29,39,43,51,54,59-62,64-66,68,70-72,74-75H,4-15,17-18,20-24,27,30-38,40-42,44-50,52-53,55-58H2,1-3H3,(H,69,76)/b19-16-,26-25-,29-28-,43-39-,54-51+. The Morgan fingerprint density at radius 2 is 0.873 bits per heavy atom. The van der Waals surface area contributed by atoms with E-state index in [9.17, 15) is 35.1 Å². The molecule has 0 bridgehead atoms. The van der Waals surface area contributed by atoms with Gasteiger partial charge >= 0.3 is 5.97 Å². The number of nitrogens with one attached hydrogen (secondary N) is 1. The lowest BCUT2D eigenvalue weighted by Crippen LogP contribution is -2.61. The van der Waals surface area contributed by atoms with Crippen LogP contribution in [-0.2, 0) is 23.8 Å². The maximum atomic E-state index is 13.4. The van der Waals surface area contributed by atoms with E-state index in [-0.39, 0.29) is 19.4 Å². The third kappa shape index (κ3) is 43.7. The number of allylic oxidation sites excluding steroid dienone is 9. The number of aliphatic hydroxyl groups excluding tert-OH is 5. The lowest BCUT2D eigenvalue weighted by atomic mass is 9.99. The van der Waals surface area contributed by atoms with Crippen molar-refractivity contribution in [3.63, 3.8) is 0 Å². The average Bonchev–Trinajstić information content (AvgIpc) is 3.48. The molecule has 1 rings (SSSR count). The lowest BCUT2D eigenvalue weighted by Gasteiger charge is -2.41. The highest BCUT2D eigenvalue weighted by Crippen LogP contribution is 2.26. The maximum absolute atomic E-state index is 13.4. The van der Waals surface area contributed by atoms with E-state index in [1.54, 1.807) is 6.08 Å². The van der Waals surface area contributed by atoms with Crippen molar-refractivity contribution in [2.45, 2.75) is 346 Å². The molecule has 6 N–H and O–H groups in total. The van der Waals surface area contributed by atoms with Crippen molar-refractivity contribution in [1.29, 1.82) is 0 Å². The highest BCUT2D eigenvalue weighted by Gasteiger charge is 2.47. The smallest absolute Gasteiger partial charge is 0.306 e. The minimum absolute atomic E-state index is 0.119. The Balaban J connectivity index is 2.59. The van der Waals surface area contributed by atoms with Gasteiger partial charge in [-0.3, -0.25) is 9.59 Å². The fourth-order valence-electron chi connectivity index (χ4n) is 10.1. The lowest BCUT2D eigenvalue weighted by molar-refractivity contribution is -0.305. The first-order chi connectivity index (χ1) is 38.7. The summed E-state index contributed by atoms with van der Waals surface area (Å²) < 4.78 is 17.6. The molecular weight excluding hydrogens is 991 g/mol. The van der Waals surface area contributed by atoms with Gasteiger partial charge in [0.15, 0.2) is 12.4 Å². The Kier molecular flexibility index (Phi) is 52.6. The number of hydrogen-bond acceptors (Lipinski definition) is 10. The number of ether oxygens (including phenoxy) is 3. The molecule has 460 valence electrons. The van der Waals surface area contributed by atoms with E-state index in [4.69, 9.17) is 14.2 Å². The zero-order chi connectivity index (χ0) is 57.5. The molecule has 1 aliphatic heterocycles. The molecule has 8 atom stereocenters. The van der Waals surface area contributed by atoms with Crippen LogP contribution in [0.5, 0.6) is 0 Å². The van der Waals surface area contributed by atoms with E-state index in [1.165, 1.54) is 180 Å². The maximum Gasteiger partial charge on any atom is 0.306 e. The molecule has 0 aliphatic carbocycles. The summed E-state index contributed by atoms with van der Waals surface area (Å²) in [5.41, 5.74) is 0. The average molecular weight is 1110 g/mol. The number of amides is 1. The van der Waals surface area contributed by atoms with Gasteiger partial charge in [-0.05, 0) is 89.9 Å². The van der Waals surface area contributed by atoms with Gasteiger partial charge in [-0.15, -0.1) is 0 Å². The molecule has 0 aromatic rings. The van der Waals surface area contributed by atoms with E-state index in [0.717, 1.165) is 70.6 Å². The van der Waals surface area contributed by atoms with Crippen molar-refractivity contribution in [3.05, 3.63) is 60.8 Å². The van der Waals surface area contributed by atoms with Crippen LogP contribution >= 0.6 is 0 Å². The quantitative estimate of drug-likeness (QED) is 0.0195. The molecule has 8 unspecified atom stereocenters. The molecule has 79 heavy (non-hydrogen) atoms. The van der Waals surface area contributed by atoms with Crippen molar-refractivity contribution >= 4 is 11.9 Å². The largest absolute Gasteiger partial charge is 0.454 e. The Labute approximate surface area is 484 Å². The molecule has 1 heterocycles. The molecule has 1 amide bonds. The summed E-state index contributed by atoms with van der Waals surface area (Å²) in [6.07, 6.45) is 59.8. The molecule has 0 aromatic heterocycles. The predicted octanol–water partition coefficient (Wildman–Crippen LogP) is 16.2. The normalized spacial score (nSPS) is 19.2. The highest BCUT2D eigenvalue weighted by molar-refractivity contribution is 5.80. The number of rotatable bonds is 56. The van der Waals surface area contributed by atoms with E-state index < -0.39 is 67.4 Å². The highest BCUT2D eigenvalue weighted by atomic mass is 16.7. The first-order valence-electron chi connectivity index (χ1n) is 33.1. The van der Waals surface area contributed by atoms with Crippen LogP contribution < -0.4 is 5.32 Å². The second-order valence-electron chi connectivity index (χ2n) is 22.8. The number of unbranched alkanes of at least 4 members (excludes halogenated alkanes) is 34. The fraction of sp³-hybridized carbons (Fsp3) is 0.824. The van der Waals surface area contributed by atoms with Crippen LogP contribution in [0.4, 0.5) is 0 Å². The molecular formula is C68H123NO10. The third-order valence-electron chi connectivity index (χ3n) is 15.4. The van der Waals surface area contributed by atoms with Gasteiger partial charge in [0.1, 0.15) is 24.4 Å². The summed E-state index contributed by atoms with van der Waals surface area (Å²) >= 11 is 0. The predicted molar refractivity (Wildman–Crippen MR) is 329 cm³/mol. The van der Waals surface area contributed by atoms with E-state index in [0.29, 0.717) is 12.8 Å². The van der Waals surface area contributed by atoms with Gasteiger partial charge in [-0.1, -0.05) is 261 Å². The molecule has 0 spiro atoms. The van der Waals surface area contributed by atoms with Crippen molar-refractivity contribution in [2.24, 2.45) is 0 Å². The first-order valence-corrected chi connectivity index (χ1v) is 33.1. The van der Waals surface area contributed by atoms with Gasteiger partial charge in [0, 0.05) is 6.42 Å². The fourth-order valence-corrected chi connectivity index (χ4v) is 10.1. The van der Waals surface area contributed by atoms with Crippen LogP contribution in [0, 0.1) is 0 Å². The summed E-state index contributed by atoms with van der Waals surface area (Å²) in [6.45, 7) is 5.76. The molecule has 11 nitrogen and oxygen atoms in total. The minimum Gasteiger partial charge on any atom is -0.454 e. The Bertz CT molecular complexity index is 1510. The monoisotopic (exact) mass is 1110 g/mol. The van der Waals surface area contributed by atoms with Gasteiger partial charge < -0.3 is 45.1 Å². The van der Waals surface area contributed by atoms with Gasteiger partial charge in [0.05, 0.1) is 25.4 Å². The van der Waals surface area contributed by atoms with Crippen LogP contribution in [0.25, 0.3) is 0 Å². The van der Waals surface area contributed by atoms with Crippen LogP contribution in [0.3, 0.4) is 0 Å². The summed E-state index contributed by atoms with van der Waals surface area (Å²) in [7, 11) is 0. The molecule has 11 heteroatoms. The Hall–Kier alpha value is -2.64. The zero-order valence-corrected chi connectivity index (χ0v) is 51.0.